The average Bonchev–Trinajstić information content (AvgIpc) is 2.89. The Morgan fingerprint density at radius 1 is 0.778 bits per heavy atom. The fourth-order valence-electron chi connectivity index (χ4n) is 4.16. The van der Waals surface area contributed by atoms with E-state index in [9.17, 15) is 5.11 Å². The number of likely N-dealkylation sites (N-methyl/N-ethyl adjacent to an activating group) is 2. The van der Waals surface area contributed by atoms with E-state index in [-0.39, 0.29) is 5.75 Å². The topological polar surface area (TPSA) is 71.9 Å². The van der Waals surface area contributed by atoms with Gasteiger partial charge in [0.05, 0.1) is 0 Å². The quantitative estimate of drug-likeness (QED) is 0.443. The second-order valence-electron chi connectivity index (χ2n) is 9.52. The van der Waals surface area contributed by atoms with E-state index in [1.807, 2.05) is 38.4 Å². The van der Waals surface area contributed by atoms with E-state index in [2.05, 4.69) is 38.8 Å². The van der Waals surface area contributed by atoms with Crippen molar-refractivity contribution >= 4 is 29.4 Å². The zero-order valence-corrected chi connectivity index (χ0v) is 22.2. The van der Waals surface area contributed by atoms with Crippen LogP contribution >= 0.6 is 11.6 Å². The number of aromatic nitrogens is 3. The predicted octanol–water partition coefficient (Wildman–Crippen LogP) is 3.73. The van der Waals surface area contributed by atoms with Gasteiger partial charge in [-0.1, -0.05) is 35.9 Å². The molecule has 1 aromatic heterocycles. The van der Waals surface area contributed by atoms with Gasteiger partial charge >= 0.3 is 0 Å². The molecule has 0 unspecified atom stereocenters. The SMILES string of the molecule is CN1CCN(c2nc(N(C)CCCc3ccc(Cl)cc3)nc(N(C)CCc3ccc(O)cc3)n2)CC1. The van der Waals surface area contributed by atoms with Crippen molar-refractivity contribution in [2.24, 2.45) is 0 Å². The van der Waals surface area contributed by atoms with Crippen LogP contribution in [0.4, 0.5) is 17.8 Å². The van der Waals surface area contributed by atoms with E-state index in [0.717, 1.165) is 75.1 Å². The summed E-state index contributed by atoms with van der Waals surface area (Å²) in [5, 5.41) is 10.3. The number of anilines is 3. The number of aryl methyl sites for hydroxylation is 1. The number of hydrogen-bond donors (Lipinski definition) is 1. The van der Waals surface area contributed by atoms with Crippen molar-refractivity contribution in [3.63, 3.8) is 0 Å². The van der Waals surface area contributed by atoms with E-state index >= 15 is 0 Å². The number of nitrogens with zero attached hydrogens (tertiary/aromatic N) is 7. The molecule has 0 atom stereocenters. The Kier molecular flexibility index (Phi) is 8.83. The van der Waals surface area contributed by atoms with Gasteiger partial charge in [-0.2, -0.15) is 15.0 Å². The van der Waals surface area contributed by atoms with Crippen LogP contribution < -0.4 is 14.7 Å². The van der Waals surface area contributed by atoms with E-state index < -0.39 is 0 Å². The number of phenolic OH excluding ortho intramolecular Hbond substituents is 1. The normalized spacial score (nSPS) is 14.2. The maximum absolute atomic E-state index is 9.55. The summed E-state index contributed by atoms with van der Waals surface area (Å²) in [7, 11) is 6.21. The van der Waals surface area contributed by atoms with Crippen molar-refractivity contribution in [1.29, 1.82) is 0 Å². The van der Waals surface area contributed by atoms with Crippen molar-refractivity contribution < 1.29 is 5.11 Å². The molecule has 3 aromatic rings. The molecule has 1 fully saturated rings. The Labute approximate surface area is 219 Å². The van der Waals surface area contributed by atoms with E-state index in [1.165, 1.54) is 5.56 Å². The molecule has 1 aliphatic rings. The van der Waals surface area contributed by atoms with E-state index in [0.29, 0.717) is 11.9 Å². The molecule has 2 aromatic carbocycles. The summed E-state index contributed by atoms with van der Waals surface area (Å²) in [5.41, 5.74) is 2.43. The molecule has 0 aliphatic carbocycles. The lowest BCUT2D eigenvalue weighted by atomic mass is 10.1. The molecule has 4 rings (SSSR count). The molecule has 8 nitrogen and oxygen atoms in total. The number of aromatic hydroxyl groups is 1. The Morgan fingerprint density at radius 3 is 1.97 bits per heavy atom. The lowest BCUT2D eigenvalue weighted by molar-refractivity contribution is 0.311. The van der Waals surface area contributed by atoms with Gasteiger partial charge in [-0.05, 0) is 61.7 Å². The monoisotopic (exact) mass is 509 g/mol. The Bertz CT molecular complexity index is 1100. The molecule has 9 heteroatoms. The number of phenols is 1. The third-order valence-electron chi connectivity index (χ3n) is 6.61. The first kappa shape index (κ1) is 26.0. The van der Waals surface area contributed by atoms with Crippen molar-refractivity contribution in [2.45, 2.75) is 19.3 Å². The van der Waals surface area contributed by atoms with Crippen molar-refractivity contribution in [1.82, 2.24) is 19.9 Å². The number of benzene rings is 2. The Hall–Kier alpha value is -3.10. The van der Waals surface area contributed by atoms with Gasteiger partial charge in [0.2, 0.25) is 17.8 Å². The van der Waals surface area contributed by atoms with Crippen LogP contribution in [0, 0.1) is 0 Å². The first-order chi connectivity index (χ1) is 17.4. The standard InChI is InChI=1S/C27H36ClN7O/c1-32-17-19-35(20-18-32)27-30-25(33(2)15-4-5-21-6-10-23(28)11-7-21)29-26(31-27)34(3)16-14-22-8-12-24(36)13-9-22/h6-13,36H,4-5,14-20H2,1-3H3. The van der Waals surface area contributed by atoms with Crippen LogP contribution in [0.1, 0.15) is 17.5 Å². The zero-order chi connectivity index (χ0) is 25.5. The lowest BCUT2D eigenvalue weighted by Gasteiger charge is -2.33. The number of rotatable bonds is 10. The largest absolute Gasteiger partial charge is 0.508 e. The van der Waals surface area contributed by atoms with Gasteiger partial charge in [-0.15, -0.1) is 0 Å². The molecule has 0 spiro atoms. The molecule has 36 heavy (non-hydrogen) atoms. The van der Waals surface area contributed by atoms with Crippen LogP contribution in [0.3, 0.4) is 0 Å². The van der Waals surface area contributed by atoms with Gasteiger partial charge in [0, 0.05) is 58.4 Å². The minimum absolute atomic E-state index is 0.283. The average molecular weight is 510 g/mol. The molecule has 1 aliphatic heterocycles. The molecule has 0 bridgehead atoms. The summed E-state index contributed by atoms with van der Waals surface area (Å²) < 4.78 is 0. The summed E-state index contributed by atoms with van der Waals surface area (Å²) in [6.07, 6.45) is 2.79. The van der Waals surface area contributed by atoms with Gasteiger partial charge in [-0.3, -0.25) is 0 Å². The zero-order valence-electron chi connectivity index (χ0n) is 21.4. The van der Waals surface area contributed by atoms with Crippen LogP contribution in [0.15, 0.2) is 48.5 Å². The lowest BCUT2D eigenvalue weighted by Crippen LogP contribution is -2.45. The van der Waals surface area contributed by atoms with Crippen LogP contribution in [0.2, 0.25) is 5.02 Å². The minimum Gasteiger partial charge on any atom is -0.508 e. The molecule has 1 saturated heterocycles. The highest BCUT2D eigenvalue weighted by Crippen LogP contribution is 2.20. The third-order valence-corrected chi connectivity index (χ3v) is 6.87. The van der Waals surface area contributed by atoms with Crippen LogP contribution in [0.5, 0.6) is 5.75 Å². The molecule has 0 amide bonds. The fraction of sp³-hybridized carbons (Fsp3) is 0.444. The smallest absolute Gasteiger partial charge is 0.232 e. The maximum atomic E-state index is 9.55. The predicted molar refractivity (Wildman–Crippen MR) is 148 cm³/mol. The van der Waals surface area contributed by atoms with Gasteiger partial charge in [0.15, 0.2) is 0 Å². The summed E-state index contributed by atoms with van der Waals surface area (Å²) >= 11 is 6.02. The fourth-order valence-corrected chi connectivity index (χ4v) is 4.29. The van der Waals surface area contributed by atoms with Crippen LogP contribution in [-0.2, 0) is 12.8 Å². The van der Waals surface area contributed by atoms with Crippen LogP contribution in [-0.4, -0.2) is 85.4 Å². The highest BCUT2D eigenvalue weighted by atomic mass is 35.5. The molecule has 192 valence electrons. The van der Waals surface area contributed by atoms with E-state index in [4.69, 9.17) is 26.6 Å². The summed E-state index contributed by atoms with van der Waals surface area (Å²) in [4.78, 5) is 23.4. The molecule has 2 heterocycles. The Balaban J connectivity index is 1.46. The third kappa shape index (κ3) is 7.21. The summed E-state index contributed by atoms with van der Waals surface area (Å²) in [6.45, 7) is 5.38. The molecule has 1 N–H and O–H groups in total. The second kappa shape index (κ2) is 12.2. The number of hydrogen-bond acceptors (Lipinski definition) is 8. The van der Waals surface area contributed by atoms with Gasteiger partial charge in [0.25, 0.3) is 0 Å². The second-order valence-corrected chi connectivity index (χ2v) is 9.95. The van der Waals surface area contributed by atoms with Crippen LogP contribution in [0.25, 0.3) is 0 Å². The number of piperazine rings is 1. The molecule has 0 radical (unpaired) electrons. The summed E-state index contributed by atoms with van der Waals surface area (Å²) in [5.74, 6) is 2.40. The number of halogens is 1. The van der Waals surface area contributed by atoms with Crippen molar-refractivity contribution in [2.75, 3.05) is 75.1 Å². The van der Waals surface area contributed by atoms with Gasteiger partial charge in [0.1, 0.15) is 5.75 Å². The first-order valence-electron chi connectivity index (χ1n) is 12.5. The molecular weight excluding hydrogens is 474 g/mol. The maximum Gasteiger partial charge on any atom is 0.232 e. The highest BCUT2D eigenvalue weighted by molar-refractivity contribution is 6.30. The Morgan fingerprint density at radius 2 is 1.33 bits per heavy atom. The van der Waals surface area contributed by atoms with Crippen molar-refractivity contribution in [3.8, 4) is 5.75 Å². The van der Waals surface area contributed by atoms with Gasteiger partial charge in [-0.25, -0.2) is 0 Å². The minimum atomic E-state index is 0.283. The summed E-state index contributed by atoms with van der Waals surface area (Å²) in [6, 6.07) is 15.4. The van der Waals surface area contributed by atoms with Gasteiger partial charge < -0.3 is 24.7 Å². The highest BCUT2D eigenvalue weighted by Gasteiger charge is 2.21. The van der Waals surface area contributed by atoms with E-state index in [1.54, 1.807) is 12.1 Å². The van der Waals surface area contributed by atoms with Crippen molar-refractivity contribution in [3.05, 3.63) is 64.7 Å². The first-order valence-corrected chi connectivity index (χ1v) is 12.9. The molecule has 0 saturated carbocycles. The molecular formula is C27H36ClN7O.